The fraction of sp³-hybridized carbons (Fsp3) is 0.615. The van der Waals surface area contributed by atoms with Gasteiger partial charge in [-0.1, -0.05) is 18.2 Å². The number of anilines is 3. The third-order valence-corrected chi connectivity index (χ3v) is 7.08. The molecule has 0 bridgehead atoms. The largest absolute Gasteiger partial charge is 0.494 e. The summed E-state index contributed by atoms with van der Waals surface area (Å²) in [5.41, 5.74) is 0. The first-order valence-corrected chi connectivity index (χ1v) is 12.9. The van der Waals surface area contributed by atoms with Crippen LogP contribution in [-0.4, -0.2) is 80.4 Å². The van der Waals surface area contributed by atoms with Crippen molar-refractivity contribution in [1.29, 1.82) is 0 Å². The molecule has 0 aliphatic carbocycles. The highest BCUT2D eigenvalue weighted by atomic mass is 16.5. The number of benzene rings is 1. The van der Waals surface area contributed by atoms with Gasteiger partial charge in [0, 0.05) is 58.4 Å². The number of rotatable bonds is 9. The smallest absolute Gasteiger partial charge is 0.229 e. The summed E-state index contributed by atoms with van der Waals surface area (Å²) in [5.74, 6) is 4.15. The van der Waals surface area contributed by atoms with Gasteiger partial charge in [0.05, 0.1) is 6.61 Å². The molecule has 4 heterocycles. The number of para-hydroxylation sites is 1. The summed E-state index contributed by atoms with van der Waals surface area (Å²) in [6, 6.07) is 12.4. The van der Waals surface area contributed by atoms with Crippen LogP contribution < -0.4 is 19.4 Å². The number of aromatic nitrogens is 2. The van der Waals surface area contributed by atoms with Crippen LogP contribution in [0, 0.1) is 0 Å². The highest BCUT2D eigenvalue weighted by Crippen LogP contribution is 2.27. The second-order valence-corrected chi connectivity index (χ2v) is 9.47. The highest BCUT2D eigenvalue weighted by Gasteiger charge is 2.24. The fourth-order valence-corrected chi connectivity index (χ4v) is 5.08. The lowest BCUT2D eigenvalue weighted by molar-refractivity contribution is 0.238. The monoisotopic (exact) mass is 450 g/mol. The van der Waals surface area contributed by atoms with Crippen molar-refractivity contribution in [3.05, 3.63) is 36.4 Å². The second kappa shape index (κ2) is 11.1. The molecule has 178 valence electrons. The number of ether oxygens (including phenoxy) is 1. The Hall–Kier alpha value is -2.54. The van der Waals surface area contributed by atoms with E-state index >= 15 is 0 Å². The molecule has 3 aliphatic heterocycles. The molecule has 3 saturated heterocycles. The molecular weight excluding hydrogens is 412 g/mol. The van der Waals surface area contributed by atoms with Crippen LogP contribution in [0.15, 0.2) is 36.4 Å². The maximum Gasteiger partial charge on any atom is 0.229 e. The maximum absolute atomic E-state index is 5.83. The number of unbranched alkanes of at least 4 members (excludes halogenated alkanes) is 1. The quantitative estimate of drug-likeness (QED) is 0.541. The summed E-state index contributed by atoms with van der Waals surface area (Å²) in [6.07, 6.45) is 7.32. The molecule has 1 aromatic heterocycles. The predicted octanol–water partition coefficient (Wildman–Crippen LogP) is 3.66. The molecule has 3 aliphatic rings. The Labute approximate surface area is 198 Å². The molecule has 0 saturated carbocycles. The fourth-order valence-electron chi connectivity index (χ4n) is 5.08. The van der Waals surface area contributed by atoms with Crippen LogP contribution in [0.2, 0.25) is 0 Å². The zero-order valence-electron chi connectivity index (χ0n) is 19.9. The van der Waals surface area contributed by atoms with E-state index < -0.39 is 0 Å². The molecule has 33 heavy (non-hydrogen) atoms. The first-order valence-electron chi connectivity index (χ1n) is 12.9. The van der Waals surface area contributed by atoms with Gasteiger partial charge in [0.1, 0.15) is 17.4 Å². The summed E-state index contributed by atoms with van der Waals surface area (Å²) < 4.78 is 5.83. The van der Waals surface area contributed by atoms with Crippen molar-refractivity contribution in [2.75, 3.05) is 80.2 Å². The van der Waals surface area contributed by atoms with Crippen LogP contribution in [0.4, 0.5) is 17.6 Å². The molecule has 7 heteroatoms. The van der Waals surface area contributed by atoms with E-state index in [1.807, 2.05) is 30.3 Å². The van der Waals surface area contributed by atoms with Crippen molar-refractivity contribution in [2.24, 2.45) is 0 Å². The Bertz CT molecular complexity index is 824. The van der Waals surface area contributed by atoms with E-state index in [2.05, 4.69) is 25.7 Å². The minimum Gasteiger partial charge on any atom is -0.494 e. The lowest BCUT2D eigenvalue weighted by atomic mass is 10.2. The Morgan fingerprint density at radius 2 is 1.27 bits per heavy atom. The summed E-state index contributed by atoms with van der Waals surface area (Å²) >= 11 is 0. The topological polar surface area (TPSA) is 48.0 Å². The van der Waals surface area contributed by atoms with Gasteiger partial charge in [0.2, 0.25) is 5.95 Å². The van der Waals surface area contributed by atoms with Gasteiger partial charge in [0.15, 0.2) is 0 Å². The zero-order valence-corrected chi connectivity index (χ0v) is 19.9. The van der Waals surface area contributed by atoms with Gasteiger partial charge in [-0.2, -0.15) is 9.97 Å². The van der Waals surface area contributed by atoms with Crippen LogP contribution in [0.1, 0.15) is 38.5 Å². The van der Waals surface area contributed by atoms with E-state index in [9.17, 15) is 0 Å². The van der Waals surface area contributed by atoms with E-state index in [1.54, 1.807) is 0 Å². The van der Waals surface area contributed by atoms with Gasteiger partial charge < -0.3 is 19.4 Å². The molecule has 0 atom stereocenters. The molecule has 0 unspecified atom stereocenters. The molecule has 0 N–H and O–H groups in total. The lowest BCUT2D eigenvalue weighted by Gasteiger charge is -2.36. The van der Waals surface area contributed by atoms with Crippen molar-refractivity contribution in [3.8, 4) is 5.75 Å². The Morgan fingerprint density at radius 3 is 1.94 bits per heavy atom. The maximum atomic E-state index is 5.83. The molecule has 0 amide bonds. The lowest BCUT2D eigenvalue weighted by Crippen LogP contribution is -2.47. The number of hydrogen-bond donors (Lipinski definition) is 0. The number of nitrogens with zero attached hydrogens (tertiary/aromatic N) is 6. The third-order valence-electron chi connectivity index (χ3n) is 7.08. The molecule has 3 fully saturated rings. The average Bonchev–Trinajstić information content (AvgIpc) is 3.60. The Balaban J connectivity index is 1.12. The van der Waals surface area contributed by atoms with E-state index in [1.165, 1.54) is 32.1 Å². The van der Waals surface area contributed by atoms with Crippen LogP contribution >= 0.6 is 0 Å². The normalized spacial score (nSPS) is 19.5. The van der Waals surface area contributed by atoms with Gasteiger partial charge in [-0.3, -0.25) is 4.90 Å². The molecular formula is C26H38N6O. The minimum absolute atomic E-state index is 0.795. The van der Waals surface area contributed by atoms with E-state index in [4.69, 9.17) is 14.7 Å². The van der Waals surface area contributed by atoms with Crippen molar-refractivity contribution in [1.82, 2.24) is 14.9 Å². The van der Waals surface area contributed by atoms with Crippen LogP contribution in [-0.2, 0) is 0 Å². The highest BCUT2D eigenvalue weighted by molar-refractivity contribution is 5.56. The van der Waals surface area contributed by atoms with E-state index in [0.29, 0.717) is 0 Å². The molecule has 1 aromatic carbocycles. The number of piperazine rings is 1. The first kappa shape index (κ1) is 22.3. The second-order valence-electron chi connectivity index (χ2n) is 9.47. The predicted molar refractivity (Wildman–Crippen MR) is 135 cm³/mol. The Morgan fingerprint density at radius 1 is 0.667 bits per heavy atom. The average molecular weight is 451 g/mol. The standard InChI is InChI=1S/C26H38N6O/c1-2-10-23(11-3-1)33-21-9-8-12-29-17-19-31(20-18-29)25-22-24(30-13-4-5-14-30)27-26(28-25)32-15-6-7-16-32/h1-3,10-11,22H,4-9,12-21H2. The van der Waals surface area contributed by atoms with Crippen LogP contribution in [0.5, 0.6) is 5.75 Å². The summed E-state index contributed by atoms with van der Waals surface area (Å²) in [4.78, 5) is 19.9. The van der Waals surface area contributed by atoms with Gasteiger partial charge in [-0.05, 0) is 57.2 Å². The van der Waals surface area contributed by atoms with Gasteiger partial charge in [0.25, 0.3) is 0 Å². The van der Waals surface area contributed by atoms with Gasteiger partial charge >= 0.3 is 0 Å². The van der Waals surface area contributed by atoms with Crippen molar-refractivity contribution in [2.45, 2.75) is 38.5 Å². The van der Waals surface area contributed by atoms with Crippen molar-refractivity contribution >= 4 is 17.6 Å². The summed E-state index contributed by atoms with van der Waals surface area (Å²) in [6.45, 7) is 10.6. The van der Waals surface area contributed by atoms with Crippen LogP contribution in [0.3, 0.4) is 0 Å². The van der Waals surface area contributed by atoms with E-state index in [-0.39, 0.29) is 0 Å². The minimum atomic E-state index is 0.795. The van der Waals surface area contributed by atoms with Gasteiger partial charge in [-0.15, -0.1) is 0 Å². The first-order chi connectivity index (χ1) is 16.3. The van der Waals surface area contributed by atoms with Crippen LogP contribution in [0.25, 0.3) is 0 Å². The zero-order chi connectivity index (χ0) is 22.3. The van der Waals surface area contributed by atoms with E-state index in [0.717, 1.165) is 95.3 Å². The van der Waals surface area contributed by atoms with Gasteiger partial charge in [-0.25, -0.2) is 0 Å². The number of hydrogen-bond acceptors (Lipinski definition) is 7. The molecule has 7 nitrogen and oxygen atoms in total. The molecule has 0 radical (unpaired) electrons. The Kier molecular flexibility index (Phi) is 7.46. The van der Waals surface area contributed by atoms with Crippen molar-refractivity contribution < 1.29 is 4.74 Å². The summed E-state index contributed by atoms with van der Waals surface area (Å²) in [5, 5.41) is 0. The third kappa shape index (κ3) is 5.88. The molecule has 0 spiro atoms. The molecule has 2 aromatic rings. The SMILES string of the molecule is c1ccc(OCCCCN2CCN(c3cc(N4CCCC4)nc(N4CCCC4)n3)CC2)cc1. The molecule has 5 rings (SSSR count). The summed E-state index contributed by atoms with van der Waals surface area (Å²) in [7, 11) is 0. The van der Waals surface area contributed by atoms with Crippen molar-refractivity contribution in [3.63, 3.8) is 0 Å².